The lowest BCUT2D eigenvalue weighted by Crippen LogP contribution is -2.15. The van der Waals surface area contributed by atoms with E-state index in [0.29, 0.717) is 17.5 Å². The van der Waals surface area contributed by atoms with Gasteiger partial charge in [-0.1, -0.05) is 37.3 Å². The fourth-order valence-electron chi connectivity index (χ4n) is 4.49. The van der Waals surface area contributed by atoms with Crippen LogP contribution in [0.5, 0.6) is 5.75 Å². The van der Waals surface area contributed by atoms with Crippen LogP contribution in [-0.4, -0.2) is 28.6 Å². The van der Waals surface area contributed by atoms with Gasteiger partial charge in [-0.2, -0.15) is 0 Å². The van der Waals surface area contributed by atoms with Crippen LogP contribution in [0.2, 0.25) is 0 Å². The van der Waals surface area contributed by atoms with Crippen molar-refractivity contribution in [2.75, 3.05) is 19.0 Å². The normalized spacial score (nSPS) is 14.2. The van der Waals surface area contributed by atoms with Crippen molar-refractivity contribution in [2.24, 2.45) is 5.92 Å². The van der Waals surface area contributed by atoms with Gasteiger partial charge in [0.05, 0.1) is 24.3 Å². The molecule has 1 unspecified atom stereocenters. The third-order valence-corrected chi connectivity index (χ3v) is 7.29. The summed E-state index contributed by atoms with van der Waals surface area (Å²) in [5, 5.41) is 4.91. The number of benzene rings is 1. The molecule has 0 saturated carbocycles. The Morgan fingerprint density at radius 2 is 1.94 bits per heavy atom. The summed E-state index contributed by atoms with van der Waals surface area (Å²) < 4.78 is 5.54. The summed E-state index contributed by atoms with van der Waals surface area (Å²) in [5.41, 5.74) is 3.68. The number of ether oxygens (including phenoxy) is 1. The van der Waals surface area contributed by atoms with Gasteiger partial charge in [-0.15, -0.1) is 11.3 Å². The molecule has 3 heterocycles. The Hall–Kier alpha value is -2.99. The van der Waals surface area contributed by atoms with Gasteiger partial charge in [-0.25, -0.2) is 9.97 Å². The highest BCUT2D eigenvalue weighted by Gasteiger charge is 2.22. The molecule has 1 atom stereocenters. The van der Waals surface area contributed by atoms with E-state index in [1.807, 2.05) is 17.4 Å². The number of nitrogens with zero attached hydrogens (tertiary/aromatic N) is 3. The Balaban J connectivity index is 1.51. The first-order valence-corrected chi connectivity index (χ1v) is 12.1. The summed E-state index contributed by atoms with van der Waals surface area (Å²) in [5.74, 6) is 2.81. The van der Waals surface area contributed by atoms with Crippen molar-refractivity contribution in [1.82, 2.24) is 15.0 Å². The molecule has 5 rings (SSSR count). The smallest absolute Gasteiger partial charge is 0.166 e. The quantitative estimate of drug-likeness (QED) is 0.383. The minimum atomic E-state index is 0.482. The van der Waals surface area contributed by atoms with E-state index < -0.39 is 0 Å². The molecule has 1 aromatic carbocycles. The van der Waals surface area contributed by atoms with E-state index >= 15 is 0 Å². The topological polar surface area (TPSA) is 59.9 Å². The number of hydrogen-bond donors (Lipinski definition) is 1. The number of rotatable bonds is 7. The number of hydrogen-bond acceptors (Lipinski definition) is 6. The van der Waals surface area contributed by atoms with Crippen LogP contribution < -0.4 is 10.1 Å². The van der Waals surface area contributed by atoms with Gasteiger partial charge >= 0.3 is 0 Å². The first kappa shape index (κ1) is 20.9. The Labute approximate surface area is 192 Å². The van der Waals surface area contributed by atoms with Gasteiger partial charge < -0.3 is 10.1 Å². The third kappa shape index (κ3) is 4.19. The standard InChI is InChI=1S/C26H28N4OS/c1-17(14-18-8-4-3-5-9-18)15-28-25-23-20-10-6-7-11-22(20)32-26(23)30-24(29-25)19-12-13-27-16-21(19)31-2/h3-5,8-9,12-13,16-17H,6-7,10-11,14-15H2,1-2H3,(H,28,29,30). The second-order valence-corrected chi connectivity index (χ2v) is 9.62. The second kappa shape index (κ2) is 9.25. The summed E-state index contributed by atoms with van der Waals surface area (Å²) in [4.78, 5) is 16.7. The molecule has 0 spiro atoms. The van der Waals surface area contributed by atoms with Crippen LogP contribution in [0.3, 0.4) is 0 Å². The molecule has 3 aromatic heterocycles. The minimum Gasteiger partial charge on any atom is -0.494 e. The highest BCUT2D eigenvalue weighted by atomic mass is 32.1. The van der Waals surface area contributed by atoms with Crippen molar-refractivity contribution in [3.8, 4) is 17.1 Å². The number of aromatic nitrogens is 3. The number of pyridine rings is 1. The molecule has 32 heavy (non-hydrogen) atoms. The van der Waals surface area contributed by atoms with Gasteiger partial charge in [0.25, 0.3) is 0 Å². The van der Waals surface area contributed by atoms with Gasteiger partial charge in [0.2, 0.25) is 0 Å². The number of thiophene rings is 1. The van der Waals surface area contributed by atoms with E-state index in [1.54, 1.807) is 19.5 Å². The zero-order valence-electron chi connectivity index (χ0n) is 18.6. The molecule has 0 bridgehead atoms. The molecule has 0 amide bonds. The molecule has 1 aliphatic carbocycles. The SMILES string of the molecule is COc1cnccc1-c1nc(NCC(C)Cc2ccccc2)c2c3c(sc2n1)CCCC3. The molecule has 1 aliphatic rings. The Kier molecular flexibility index (Phi) is 6.04. The van der Waals surface area contributed by atoms with Crippen LogP contribution in [0.4, 0.5) is 5.82 Å². The lowest BCUT2D eigenvalue weighted by Gasteiger charge is -2.16. The minimum absolute atomic E-state index is 0.482. The Bertz CT molecular complexity index is 1220. The van der Waals surface area contributed by atoms with E-state index in [9.17, 15) is 0 Å². The average Bonchev–Trinajstić information content (AvgIpc) is 3.22. The number of nitrogens with one attached hydrogen (secondary N) is 1. The van der Waals surface area contributed by atoms with Crippen molar-refractivity contribution < 1.29 is 4.74 Å². The Morgan fingerprint density at radius 3 is 2.78 bits per heavy atom. The van der Waals surface area contributed by atoms with E-state index in [4.69, 9.17) is 14.7 Å². The average molecular weight is 445 g/mol. The largest absolute Gasteiger partial charge is 0.494 e. The highest BCUT2D eigenvalue weighted by Crippen LogP contribution is 2.40. The second-order valence-electron chi connectivity index (χ2n) is 8.54. The van der Waals surface area contributed by atoms with Gasteiger partial charge in [0.15, 0.2) is 5.82 Å². The van der Waals surface area contributed by atoms with Crippen LogP contribution in [0.25, 0.3) is 21.6 Å². The molecule has 4 aromatic rings. The molecule has 5 nitrogen and oxygen atoms in total. The lowest BCUT2D eigenvalue weighted by molar-refractivity contribution is 0.414. The summed E-state index contributed by atoms with van der Waals surface area (Å²) in [6.45, 7) is 3.15. The molecular weight excluding hydrogens is 416 g/mol. The maximum Gasteiger partial charge on any atom is 0.166 e. The zero-order valence-corrected chi connectivity index (χ0v) is 19.4. The summed E-state index contributed by atoms with van der Waals surface area (Å²) in [6.07, 6.45) is 9.28. The predicted molar refractivity (Wildman–Crippen MR) is 132 cm³/mol. The van der Waals surface area contributed by atoms with Crippen molar-refractivity contribution in [3.05, 3.63) is 64.8 Å². The molecule has 0 radical (unpaired) electrons. The molecule has 6 heteroatoms. The number of anilines is 1. The van der Waals surface area contributed by atoms with E-state index in [1.165, 1.54) is 34.2 Å². The predicted octanol–water partition coefficient (Wildman–Crippen LogP) is 5.93. The van der Waals surface area contributed by atoms with E-state index in [0.717, 1.165) is 42.0 Å². The van der Waals surface area contributed by atoms with Gasteiger partial charge in [0, 0.05) is 17.6 Å². The third-order valence-electron chi connectivity index (χ3n) is 6.10. The fraction of sp³-hybridized carbons (Fsp3) is 0.346. The lowest BCUT2D eigenvalue weighted by atomic mass is 9.96. The van der Waals surface area contributed by atoms with Gasteiger partial charge in [0.1, 0.15) is 16.4 Å². The van der Waals surface area contributed by atoms with Crippen LogP contribution in [0.1, 0.15) is 35.8 Å². The van der Waals surface area contributed by atoms with Crippen molar-refractivity contribution in [3.63, 3.8) is 0 Å². The van der Waals surface area contributed by atoms with Crippen LogP contribution in [-0.2, 0) is 19.3 Å². The molecule has 1 N–H and O–H groups in total. The van der Waals surface area contributed by atoms with Crippen LogP contribution in [0, 0.1) is 5.92 Å². The summed E-state index contributed by atoms with van der Waals surface area (Å²) in [6, 6.07) is 12.6. The fourth-order valence-corrected chi connectivity index (χ4v) is 5.75. The van der Waals surface area contributed by atoms with Gasteiger partial charge in [-0.05, 0) is 55.2 Å². The first-order valence-electron chi connectivity index (χ1n) is 11.3. The Morgan fingerprint density at radius 1 is 1.09 bits per heavy atom. The first-order chi connectivity index (χ1) is 15.7. The summed E-state index contributed by atoms with van der Waals surface area (Å²) in [7, 11) is 1.66. The number of aryl methyl sites for hydroxylation is 2. The summed E-state index contributed by atoms with van der Waals surface area (Å²) >= 11 is 1.83. The molecule has 164 valence electrons. The molecular formula is C26H28N4OS. The van der Waals surface area contributed by atoms with E-state index in [-0.39, 0.29) is 0 Å². The molecule has 0 saturated heterocycles. The molecule has 0 fully saturated rings. The van der Waals surface area contributed by atoms with Crippen molar-refractivity contribution in [1.29, 1.82) is 0 Å². The van der Waals surface area contributed by atoms with Gasteiger partial charge in [-0.3, -0.25) is 4.98 Å². The van der Waals surface area contributed by atoms with Crippen LogP contribution in [0.15, 0.2) is 48.8 Å². The number of methoxy groups -OCH3 is 1. The van der Waals surface area contributed by atoms with Crippen molar-refractivity contribution in [2.45, 2.75) is 39.0 Å². The van der Waals surface area contributed by atoms with E-state index in [2.05, 4.69) is 47.6 Å². The maximum absolute atomic E-state index is 5.54. The zero-order chi connectivity index (χ0) is 21.9. The monoisotopic (exact) mass is 444 g/mol. The highest BCUT2D eigenvalue weighted by molar-refractivity contribution is 7.19. The van der Waals surface area contributed by atoms with Crippen LogP contribution >= 0.6 is 11.3 Å². The maximum atomic E-state index is 5.54. The molecule has 0 aliphatic heterocycles. The number of fused-ring (bicyclic) bond motifs is 3. The van der Waals surface area contributed by atoms with Crippen molar-refractivity contribution >= 4 is 27.4 Å².